The van der Waals surface area contributed by atoms with Gasteiger partial charge in [0, 0.05) is 15.6 Å². The van der Waals surface area contributed by atoms with Crippen molar-refractivity contribution in [3.63, 3.8) is 0 Å². The van der Waals surface area contributed by atoms with Crippen LogP contribution in [-0.2, 0) is 4.79 Å². The van der Waals surface area contributed by atoms with Crippen LogP contribution in [-0.4, -0.2) is 23.4 Å². The van der Waals surface area contributed by atoms with Gasteiger partial charge in [-0.15, -0.1) is 0 Å². The van der Waals surface area contributed by atoms with Gasteiger partial charge >= 0.3 is 12.2 Å². The van der Waals surface area contributed by atoms with Crippen molar-refractivity contribution in [2.24, 2.45) is 5.10 Å². The highest BCUT2D eigenvalue weighted by Crippen LogP contribution is 2.20. The van der Waals surface area contributed by atoms with Crippen molar-refractivity contribution in [1.82, 2.24) is 10.4 Å². The standard InChI is InChI=1S/C24H17Cl2N3O4/c25-17-5-9-19(10-6-17)32-24(33-20-11-7-18(26)8-12-20)23(31)29-27-14-16-13-15-3-1-2-4-21(15)28-22(16)30/h1-14,24H,(H,28,30)(H,29,31)/b27-14-. The summed E-state index contributed by atoms with van der Waals surface area (Å²) in [5.41, 5.74) is 3.00. The third-order valence-electron chi connectivity index (χ3n) is 4.49. The second kappa shape index (κ2) is 10.2. The molecule has 0 fully saturated rings. The lowest BCUT2D eigenvalue weighted by atomic mass is 10.2. The van der Waals surface area contributed by atoms with Crippen molar-refractivity contribution in [2.75, 3.05) is 0 Å². The first-order valence-electron chi connectivity index (χ1n) is 9.77. The van der Waals surface area contributed by atoms with E-state index in [1.54, 1.807) is 60.7 Å². The number of nitrogens with zero attached hydrogens (tertiary/aromatic N) is 1. The summed E-state index contributed by atoms with van der Waals surface area (Å²) in [6, 6.07) is 21.9. The molecule has 2 N–H and O–H groups in total. The minimum Gasteiger partial charge on any atom is -0.446 e. The third-order valence-corrected chi connectivity index (χ3v) is 4.99. The number of H-pyrrole nitrogens is 1. The Balaban J connectivity index is 1.51. The number of rotatable bonds is 7. The Bertz CT molecular complexity index is 1310. The third kappa shape index (κ3) is 5.91. The summed E-state index contributed by atoms with van der Waals surface area (Å²) < 4.78 is 11.4. The minimum atomic E-state index is -1.38. The normalized spacial score (nSPS) is 11.1. The number of halogens is 2. The van der Waals surface area contributed by atoms with Crippen LogP contribution in [0.1, 0.15) is 5.56 Å². The average Bonchev–Trinajstić information content (AvgIpc) is 2.81. The number of aromatic amines is 1. The molecule has 4 aromatic rings. The molecule has 0 aliphatic rings. The maximum Gasteiger partial charge on any atom is 0.323 e. The van der Waals surface area contributed by atoms with Crippen molar-refractivity contribution in [2.45, 2.75) is 6.29 Å². The quantitative estimate of drug-likeness (QED) is 0.226. The summed E-state index contributed by atoms with van der Waals surface area (Å²) in [5.74, 6) is 0.0419. The number of carbonyl (C=O) groups excluding carboxylic acids is 1. The van der Waals surface area contributed by atoms with Gasteiger partial charge < -0.3 is 14.5 Å². The van der Waals surface area contributed by atoms with Gasteiger partial charge in [0.15, 0.2) is 0 Å². The molecule has 1 heterocycles. The summed E-state index contributed by atoms with van der Waals surface area (Å²) >= 11 is 11.8. The van der Waals surface area contributed by atoms with Crippen LogP contribution < -0.4 is 20.5 Å². The first-order chi connectivity index (χ1) is 16.0. The zero-order valence-electron chi connectivity index (χ0n) is 17.0. The number of hydrogen-bond acceptors (Lipinski definition) is 5. The Morgan fingerprint density at radius 1 is 0.909 bits per heavy atom. The molecule has 0 saturated heterocycles. The predicted molar refractivity (Wildman–Crippen MR) is 128 cm³/mol. The molecule has 0 aliphatic heterocycles. The summed E-state index contributed by atoms with van der Waals surface area (Å²) in [5, 5.41) is 5.77. The molecule has 166 valence electrons. The van der Waals surface area contributed by atoms with Crippen molar-refractivity contribution < 1.29 is 14.3 Å². The van der Waals surface area contributed by atoms with E-state index in [-0.39, 0.29) is 11.1 Å². The largest absolute Gasteiger partial charge is 0.446 e. The first-order valence-corrected chi connectivity index (χ1v) is 10.5. The Labute approximate surface area is 198 Å². The van der Waals surface area contributed by atoms with Gasteiger partial charge in [-0.2, -0.15) is 5.10 Å². The van der Waals surface area contributed by atoms with Gasteiger partial charge in [0.05, 0.1) is 11.8 Å². The van der Waals surface area contributed by atoms with E-state index in [2.05, 4.69) is 15.5 Å². The number of nitrogens with one attached hydrogen (secondary N) is 2. The molecular weight excluding hydrogens is 465 g/mol. The lowest BCUT2D eigenvalue weighted by molar-refractivity contribution is -0.140. The maximum atomic E-state index is 12.8. The van der Waals surface area contributed by atoms with Crippen LogP contribution in [0.4, 0.5) is 0 Å². The number of aromatic nitrogens is 1. The number of pyridine rings is 1. The molecule has 33 heavy (non-hydrogen) atoms. The van der Waals surface area contributed by atoms with E-state index in [1.807, 2.05) is 18.2 Å². The number of carbonyl (C=O) groups is 1. The highest BCUT2D eigenvalue weighted by atomic mass is 35.5. The fourth-order valence-electron chi connectivity index (χ4n) is 2.88. The number of amides is 1. The van der Waals surface area contributed by atoms with Crippen molar-refractivity contribution in [3.8, 4) is 11.5 Å². The molecule has 0 unspecified atom stereocenters. The van der Waals surface area contributed by atoms with Gasteiger partial charge in [-0.05, 0) is 66.0 Å². The van der Waals surface area contributed by atoms with E-state index >= 15 is 0 Å². The summed E-state index contributed by atoms with van der Waals surface area (Å²) in [7, 11) is 0. The van der Waals surface area contributed by atoms with E-state index in [1.165, 1.54) is 6.21 Å². The van der Waals surface area contributed by atoms with Crippen LogP contribution in [0.25, 0.3) is 10.9 Å². The van der Waals surface area contributed by atoms with E-state index in [0.29, 0.717) is 27.1 Å². The summed E-state index contributed by atoms with van der Waals surface area (Å²) in [6.07, 6.45) is -0.121. The molecule has 0 radical (unpaired) electrons. The monoisotopic (exact) mass is 481 g/mol. The second-order valence-corrected chi connectivity index (χ2v) is 7.72. The number of para-hydroxylation sites is 1. The Hall–Kier alpha value is -3.81. The van der Waals surface area contributed by atoms with Crippen LogP contribution >= 0.6 is 23.2 Å². The Kier molecular flexibility index (Phi) is 6.92. The minimum absolute atomic E-state index is 0.280. The van der Waals surface area contributed by atoms with E-state index in [9.17, 15) is 9.59 Å². The fraction of sp³-hybridized carbons (Fsp3) is 0.0417. The van der Waals surface area contributed by atoms with Crippen molar-refractivity contribution >= 4 is 46.2 Å². The molecule has 9 heteroatoms. The van der Waals surface area contributed by atoms with Gasteiger partial charge in [0.25, 0.3) is 5.56 Å². The highest BCUT2D eigenvalue weighted by molar-refractivity contribution is 6.30. The maximum absolute atomic E-state index is 12.8. The molecule has 1 amide bonds. The molecule has 0 aliphatic carbocycles. The van der Waals surface area contributed by atoms with Crippen LogP contribution in [0.3, 0.4) is 0 Å². The number of hydrazone groups is 1. The average molecular weight is 482 g/mol. The van der Waals surface area contributed by atoms with E-state index in [0.717, 1.165) is 5.39 Å². The van der Waals surface area contributed by atoms with Gasteiger partial charge in [-0.1, -0.05) is 41.4 Å². The van der Waals surface area contributed by atoms with E-state index < -0.39 is 12.2 Å². The molecule has 0 atom stereocenters. The Morgan fingerprint density at radius 2 is 1.48 bits per heavy atom. The van der Waals surface area contributed by atoms with Crippen molar-refractivity contribution in [1.29, 1.82) is 0 Å². The fourth-order valence-corrected chi connectivity index (χ4v) is 3.13. The topological polar surface area (TPSA) is 92.8 Å². The van der Waals surface area contributed by atoms with E-state index in [4.69, 9.17) is 32.7 Å². The lowest BCUT2D eigenvalue weighted by Crippen LogP contribution is -2.40. The zero-order chi connectivity index (χ0) is 23.2. The molecular formula is C24H17Cl2N3O4. The molecule has 3 aromatic carbocycles. The highest BCUT2D eigenvalue weighted by Gasteiger charge is 2.22. The molecule has 4 rings (SSSR count). The molecule has 1 aromatic heterocycles. The molecule has 0 saturated carbocycles. The number of fused-ring (bicyclic) bond motifs is 1. The number of ether oxygens (including phenoxy) is 2. The summed E-state index contributed by atoms with van der Waals surface area (Å²) in [6.45, 7) is 0. The molecule has 7 nitrogen and oxygen atoms in total. The second-order valence-electron chi connectivity index (χ2n) is 6.85. The number of hydrogen-bond donors (Lipinski definition) is 2. The number of benzene rings is 3. The van der Waals surface area contributed by atoms with Crippen LogP contribution in [0.2, 0.25) is 10.0 Å². The van der Waals surface area contributed by atoms with Gasteiger partial charge in [0.2, 0.25) is 0 Å². The SMILES string of the molecule is O=C(N/N=C\c1cc2ccccc2[nH]c1=O)C(Oc1ccc(Cl)cc1)Oc1ccc(Cl)cc1. The molecule has 0 spiro atoms. The lowest BCUT2D eigenvalue weighted by Gasteiger charge is -2.19. The first kappa shape index (κ1) is 22.4. The van der Waals surface area contributed by atoms with Crippen LogP contribution in [0.15, 0.2) is 88.8 Å². The summed E-state index contributed by atoms with van der Waals surface area (Å²) in [4.78, 5) is 27.8. The zero-order valence-corrected chi connectivity index (χ0v) is 18.5. The Morgan fingerprint density at radius 3 is 2.09 bits per heavy atom. The predicted octanol–water partition coefficient (Wildman–Crippen LogP) is 4.77. The van der Waals surface area contributed by atoms with Crippen molar-refractivity contribution in [3.05, 3.63) is 105 Å². The van der Waals surface area contributed by atoms with Crippen LogP contribution in [0, 0.1) is 0 Å². The van der Waals surface area contributed by atoms with Crippen LogP contribution in [0.5, 0.6) is 11.5 Å². The van der Waals surface area contributed by atoms with Gasteiger partial charge in [-0.25, -0.2) is 5.43 Å². The van der Waals surface area contributed by atoms with Gasteiger partial charge in [0.1, 0.15) is 11.5 Å². The molecule has 0 bridgehead atoms. The smallest absolute Gasteiger partial charge is 0.323 e. The van der Waals surface area contributed by atoms with Gasteiger partial charge in [-0.3, -0.25) is 9.59 Å².